The van der Waals surface area contributed by atoms with Gasteiger partial charge in [-0.1, -0.05) is 42.1 Å². The first-order valence-electron chi connectivity index (χ1n) is 8.54. The van der Waals surface area contributed by atoms with Crippen LogP contribution in [-0.4, -0.2) is 38.9 Å². The third-order valence-electron chi connectivity index (χ3n) is 3.93. The zero-order chi connectivity index (χ0) is 19.9. The predicted octanol–water partition coefficient (Wildman–Crippen LogP) is 3.29. The second-order valence-corrected chi connectivity index (χ2v) is 6.92. The highest BCUT2D eigenvalue weighted by molar-refractivity contribution is 7.99. The van der Waals surface area contributed by atoms with Gasteiger partial charge in [-0.05, 0) is 36.8 Å². The minimum Gasteiger partial charge on any atom is -0.457 e. The first-order chi connectivity index (χ1) is 13.5. The van der Waals surface area contributed by atoms with Gasteiger partial charge in [-0.2, -0.15) is 0 Å². The molecule has 0 N–H and O–H groups in total. The molecule has 0 saturated carbocycles. The smallest absolute Gasteiger partial charge is 0.316 e. The van der Waals surface area contributed by atoms with E-state index in [4.69, 9.17) is 4.74 Å². The van der Waals surface area contributed by atoms with E-state index in [0.29, 0.717) is 17.3 Å². The fourth-order valence-electron chi connectivity index (χ4n) is 2.45. The Balaban J connectivity index is 1.52. The van der Waals surface area contributed by atoms with Gasteiger partial charge < -0.3 is 9.30 Å². The molecule has 2 aromatic carbocycles. The van der Waals surface area contributed by atoms with E-state index in [-0.39, 0.29) is 18.1 Å². The first kappa shape index (κ1) is 19.8. The van der Waals surface area contributed by atoms with Crippen LogP contribution in [0.2, 0.25) is 0 Å². The van der Waals surface area contributed by atoms with E-state index in [9.17, 15) is 14.0 Å². The Hall–Kier alpha value is -3.00. The monoisotopic (exact) mass is 399 g/mol. The quantitative estimate of drug-likeness (QED) is 0.329. The van der Waals surface area contributed by atoms with E-state index in [1.807, 2.05) is 41.8 Å². The van der Waals surface area contributed by atoms with Crippen molar-refractivity contribution in [2.45, 2.75) is 18.6 Å². The summed E-state index contributed by atoms with van der Waals surface area (Å²) in [6, 6.07) is 15.0. The molecule has 144 valence electrons. The number of hydrogen-bond acceptors (Lipinski definition) is 6. The molecule has 0 unspecified atom stereocenters. The lowest BCUT2D eigenvalue weighted by Gasteiger charge is -2.08. The summed E-state index contributed by atoms with van der Waals surface area (Å²) < 4.78 is 19.8. The topological polar surface area (TPSA) is 74.1 Å². The molecule has 0 spiro atoms. The molecule has 0 amide bonds. The zero-order valence-corrected chi connectivity index (χ0v) is 16.0. The van der Waals surface area contributed by atoms with Gasteiger partial charge >= 0.3 is 5.97 Å². The fourth-order valence-corrected chi connectivity index (χ4v) is 3.23. The summed E-state index contributed by atoms with van der Waals surface area (Å²) in [6.45, 7) is 2.06. The van der Waals surface area contributed by atoms with Gasteiger partial charge in [0.05, 0.1) is 12.3 Å². The fraction of sp³-hybridized carbons (Fsp3) is 0.200. The lowest BCUT2D eigenvalue weighted by atomic mass is 10.1. The molecule has 28 heavy (non-hydrogen) atoms. The molecule has 0 bridgehead atoms. The van der Waals surface area contributed by atoms with E-state index >= 15 is 0 Å². The van der Waals surface area contributed by atoms with Gasteiger partial charge in [0.1, 0.15) is 11.6 Å². The normalized spacial score (nSPS) is 10.6. The van der Waals surface area contributed by atoms with Crippen molar-refractivity contribution in [3.63, 3.8) is 0 Å². The molecule has 0 aliphatic heterocycles. The minimum atomic E-state index is -0.535. The van der Waals surface area contributed by atoms with Crippen LogP contribution in [0.1, 0.15) is 21.7 Å². The number of hydrogen-bond donors (Lipinski definition) is 0. The number of halogens is 1. The number of rotatable bonds is 8. The van der Waals surface area contributed by atoms with E-state index in [2.05, 4.69) is 10.2 Å². The molecule has 0 radical (unpaired) electrons. The Bertz CT molecular complexity index is 959. The maximum absolute atomic E-state index is 12.9. The lowest BCUT2D eigenvalue weighted by Crippen LogP contribution is -2.16. The largest absolute Gasteiger partial charge is 0.457 e. The van der Waals surface area contributed by atoms with E-state index < -0.39 is 11.8 Å². The number of ketones is 1. The predicted molar refractivity (Wildman–Crippen MR) is 103 cm³/mol. The highest BCUT2D eigenvalue weighted by atomic mass is 32.2. The van der Waals surface area contributed by atoms with Crippen LogP contribution in [0.5, 0.6) is 0 Å². The third-order valence-corrected chi connectivity index (χ3v) is 4.88. The maximum atomic E-state index is 12.9. The lowest BCUT2D eigenvalue weighted by molar-refractivity contribution is -0.139. The van der Waals surface area contributed by atoms with Crippen LogP contribution in [0.15, 0.2) is 59.8 Å². The van der Waals surface area contributed by atoms with Crippen LogP contribution in [0.25, 0.3) is 0 Å². The van der Waals surface area contributed by atoms with E-state index in [1.54, 1.807) is 0 Å². The van der Waals surface area contributed by atoms with Gasteiger partial charge in [0.2, 0.25) is 0 Å². The standard InChI is InChI=1S/C20H18FN3O3S/c1-14-22-23-20(24(14)11-15-5-3-2-4-6-15)28-13-19(26)27-12-18(25)16-7-9-17(21)10-8-16/h2-10H,11-13H2,1H3. The van der Waals surface area contributed by atoms with Crippen LogP contribution in [0, 0.1) is 12.7 Å². The minimum absolute atomic E-state index is 0.00359. The summed E-state index contributed by atoms with van der Waals surface area (Å²) in [5, 5.41) is 8.77. The highest BCUT2D eigenvalue weighted by Gasteiger charge is 2.14. The number of aryl methyl sites for hydroxylation is 1. The third kappa shape index (κ3) is 5.26. The zero-order valence-electron chi connectivity index (χ0n) is 15.2. The van der Waals surface area contributed by atoms with Crippen LogP contribution in [-0.2, 0) is 16.1 Å². The molecule has 0 atom stereocenters. The number of benzene rings is 2. The molecular formula is C20H18FN3O3S. The number of aromatic nitrogens is 3. The van der Waals surface area contributed by atoms with Gasteiger partial charge in [-0.3, -0.25) is 9.59 Å². The maximum Gasteiger partial charge on any atom is 0.316 e. The molecule has 8 heteroatoms. The van der Waals surface area contributed by atoms with Gasteiger partial charge in [0.25, 0.3) is 0 Å². The number of esters is 1. The van der Waals surface area contributed by atoms with Crippen molar-refractivity contribution >= 4 is 23.5 Å². The van der Waals surface area contributed by atoms with Crippen molar-refractivity contribution in [2.24, 2.45) is 0 Å². The van der Waals surface area contributed by atoms with Crippen LogP contribution < -0.4 is 0 Å². The second kappa shape index (κ2) is 9.27. The summed E-state index contributed by atoms with van der Waals surface area (Å²) in [5.41, 5.74) is 1.39. The summed E-state index contributed by atoms with van der Waals surface area (Å²) in [4.78, 5) is 23.9. The van der Waals surface area contributed by atoms with Crippen molar-refractivity contribution in [1.29, 1.82) is 0 Å². The van der Waals surface area contributed by atoms with Crippen LogP contribution in [0.3, 0.4) is 0 Å². The van der Waals surface area contributed by atoms with Gasteiger partial charge in [0.15, 0.2) is 17.5 Å². The second-order valence-electron chi connectivity index (χ2n) is 5.98. The SMILES string of the molecule is Cc1nnc(SCC(=O)OCC(=O)c2ccc(F)cc2)n1Cc1ccccc1. The molecule has 3 aromatic rings. The Morgan fingerprint density at radius 1 is 1.07 bits per heavy atom. The first-order valence-corrected chi connectivity index (χ1v) is 9.52. The van der Waals surface area contributed by atoms with Gasteiger partial charge in [0, 0.05) is 5.56 Å². The number of ether oxygens (including phenoxy) is 1. The summed E-state index contributed by atoms with van der Waals surface area (Å²) in [5.74, 6) is -0.608. The number of carbonyl (C=O) groups is 2. The number of thioether (sulfide) groups is 1. The number of Topliss-reactive ketones (excluding diaryl/α,β-unsaturated/α-hetero) is 1. The Labute approximate surface area is 165 Å². The van der Waals surface area contributed by atoms with Crippen molar-refractivity contribution in [1.82, 2.24) is 14.8 Å². The van der Waals surface area contributed by atoms with Gasteiger partial charge in [-0.25, -0.2) is 4.39 Å². The molecule has 0 saturated heterocycles. The van der Waals surface area contributed by atoms with Crippen LogP contribution >= 0.6 is 11.8 Å². The van der Waals surface area contributed by atoms with Gasteiger partial charge in [-0.15, -0.1) is 10.2 Å². The molecule has 1 aromatic heterocycles. The molecule has 3 rings (SSSR count). The Kier molecular flexibility index (Phi) is 6.54. The Morgan fingerprint density at radius 2 is 1.79 bits per heavy atom. The van der Waals surface area contributed by atoms with Crippen molar-refractivity contribution in [3.05, 3.63) is 77.4 Å². The number of nitrogens with zero attached hydrogens (tertiary/aromatic N) is 3. The van der Waals surface area contributed by atoms with E-state index in [1.165, 1.54) is 36.0 Å². The summed E-state index contributed by atoms with van der Waals surface area (Å²) >= 11 is 1.20. The van der Waals surface area contributed by atoms with E-state index in [0.717, 1.165) is 11.4 Å². The molecule has 0 aliphatic carbocycles. The van der Waals surface area contributed by atoms with Crippen LogP contribution in [0.4, 0.5) is 4.39 Å². The average molecular weight is 399 g/mol. The average Bonchev–Trinajstić information content (AvgIpc) is 3.05. The Morgan fingerprint density at radius 3 is 2.50 bits per heavy atom. The molecular weight excluding hydrogens is 381 g/mol. The van der Waals surface area contributed by atoms with Crippen molar-refractivity contribution in [2.75, 3.05) is 12.4 Å². The summed E-state index contributed by atoms with van der Waals surface area (Å²) in [7, 11) is 0. The van der Waals surface area contributed by atoms with Crippen molar-refractivity contribution < 1.29 is 18.7 Å². The molecule has 6 nitrogen and oxygen atoms in total. The molecule has 1 heterocycles. The van der Waals surface area contributed by atoms with Crippen molar-refractivity contribution in [3.8, 4) is 0 Å². The summed E-state index contributed by atoms with van der Waals surface area (Å²) in [6.07, 6.45) is 0. The molecule has 0 aliphatic rings. The highest BCUT2D eigenvalue weighted by Crippen LogP contribution is 2.18. The molecule has 0 fully saturated rings. The number of carbonyl (C=O) groups excluding carboxylic acids is 2.